The molecule has 0 saturated carbocycles. The summed E-state index contributed by atoms with van der Waals surface area (Å²) in [6.07, 6.45) is 10.0. The Hall–Kier alpha value is -6.53. The maximum Gasteiger partial charge on any atom is 0.405 e. The molecule has 3 fully saturated rings. The summed E-state index contributed by atoms with van der Waals surface area (Å²) in [7, 11) is 0. The molecule has 3 aliphatic rings. The normalized spacial score (nSPS) is 18.6. The molecule has 3 amide bonds. The van der Waals surface area contributed by atoms with Crippen molar-refractivity contribution in [2.24, 2.45) is 0 Å². The zero-order chi connectivity index (χ0) is 41.7. The lowest BCUT2D eigenvalue weighted by Crippen LogP contribution is -2.42. The predicted molar refractivity (Wildman–Crippen MR) is 234 cm³/mol. The van der Waals surface area contributed by atoms with Crippen molar-refractivity contribution in [1.29, 1.82) is 0 Å². The average molecular weight is 817 g/mol. The van der Waals surface area contributed by atoms with Crippen LogP contribution in [-0.4, -0.2) is 83.8 Å². The molecule has 4 aromatic carbocycles. The first-order chi connectivity index (χ1) is 29.9. The summed E-state index contributed by atoms with van der Waals surface area (Å²) in [5, 5.41) is 11.9. The first-order valence-corrected chi connectivity index (χ1v) is 21.6. The highest BCUT2D eigenvalue weighted by Crippen LogP contribution is 2.36. The molecule has 0 unspecified atom stereocenters. The Bertz CT molecular complexity index is 2460. The van der Waals surface area contributed by atoms with Crippen molar-refractivity contribution >= 4 is 17.9 Å². The molecular weight excluding hydrogens is 765 g/mol. The third-order valence-corrected chi connectivity index (χ3v) is 12.6. The molecule has 12 nitrogen and oxygen atoms in total. The molecule has 3 aliphatic heterocycles. The van der Waals surface area contributed by atoms with Crippen molar-refractivity contribution in [1.82, 2.24) is 40.0 Å². The molecule has 5 heterocycles. The SMILES string of the molecule is O=C(O)N[C@@H](C(=O)N1CCC[C@H]1c1ncc(-c2ccc(-c3ccc(-c4cnc([C@@H]5CCCN5C(=O)Cc5ccccc5CN5CCCCC5)[nH]4)cc3)cc2)[nH]1)c1ccccc1. The molecule has 4 N–H and O–H groups in total. The van der Waals surface area contributed by atoms with Crippen LogP contribution >= 0.6 is 0 Å². The van der Waals surface area contributed by atoms with Crippen molar-refractivity contribution in [3.05, 3.63) is 144 Å². The van der Waals surface area contributed by atoms with Crippen LogP contribution in [-0.2, 0) is 22.6 Å². The number of nitrogens with zero attached hydrogens (tertiary/aromatic N) is 5. The van der Waals surface area contributed by atoms with Gasteiger partial charge < -0.3 is 30.2 Å². The number of benzene rings is 4. The molecule has 0 bridgehead atoms. The molecule has 0 spiro atoms. The van der Waals surface area contributed by atoms with E-state index in [9.17, 15) is 19.5 Å². The van der Waals surface area contributed by atoms with Crippen LogP contribution in [0.5, 0.6) is 0 Å². The van der Waals surface area contributed by atoms with Crippen LogP contribution in [0.1, 0.15) is 91.4 Å². The van der Waals surface area contributed by atoms with Crippen LogP contribution < -0.4 is 5.32 Å². The highest BCUT2D eigenvalue weighted by atomic mass is 16.4. The summed E-state index contributed by atoms with van der Waals surface area (Å²) >= 11 is 0. The van der Waals surface area contributed by atoms with Gasteiger partial charge in [0, 0.05) is 19.6 Å². The molecule has 3 atom stereocenters. The number of aromatic amines is 2. The smallest absolute Gasteiger partial charge is 0.405 e. The van der Waals surface area contributed by atoms with Gasteiger partial charge >= 0.3 is 6.09 Å². The summed E-state index contributed by atoms with van der Waals surface area (Å²) in [5.41, 5.74) is 8.90. The number of carboxylic acid groups (broad SMARTS) is 1. The lowest BCUT2D eigenvalue weighted by molar-refractivity contribution is -0.134. The average Bonchev–Trinajstić information content (AvgIpc) is 4.14. The van der Waals surface area contributed by atoms with E-state index >= 15 is 0 Å². The fourth-order valence-corrected chi connectivity index (χ4v) is 9.38. The maximum atomic E-state index is 13.8. The summed E-state index contributed by atoms with van der Waals surface area (Å²) in [4.78, 5) is 61.9. The van der Waals surface area contributed by atoms with Crippen LogP contribution in [0.4, 0.5) is 4.79 Å². The number of rotatable bonds is 12. The molecule has 312 valence electrons. The first-order valence-electron chi connectivity index (χ1n) is 21.6. The Morgan fingerprint density at radius 3 is 1.74 bits per heavy atom. The minimum Gasteiger partial charge on any atom is -0.465 e. The van der Waals surface area contributed by atoms with Gasteiger partial charge in [-0.2, -0.15) is 0 Å². The van der Waals surface area contributed by atoms with E-state index in [-0.39, 0.29) is 23.9 Å². The first kappa shape index (κ1) is 39.9. The topological polar surface area (TPSA) is 151 Å². The third-order valence-electron chi connectivity index (χ3n) is 12.6. The van der Waals surface area contributed by atoms with E-state index in [1.165, 1.54) is 24.8 Å². The quantitative estimate of drug-likeness (QED) is 0.0965. The van der Waals surface area contributed by atoms with Crippen molar-refractivity contribution in [2.45, 2.75) is 76.0 Å². The second-order valence-electron chi connectivity index (χ2n) is 16.5. The predicted octanol–water partition coefficient (Wildman–Crippen LogP) is 8.70. The fourth-order valence-electron chi connectivity index (χ4n) is 9.38. The molecule has 12 heteroatoms. The van der Waals surface area contributed by atoms with E-state index in [0.29, 0.717) is 24.4 Å². The van der Waals surface area contributed by atoms with Gasteiger partial charge in [-0.3, -0.25) is 14.5 Å². The highest BCUT2D eigenvalue weighted by molar-refractivity contribution is 5.87. The molecule has 2 aromatic heterocycles. The van der Waals surface area contributed by atoms with Crippen LogP contribution in [0.25, 0.3) is 33.6 Å². The standard InChI is InChI=1S/C49H52N8O4/c58-44(29-38-13-5-6-14-39(38)32-55-25-7-2-8-26-55)56-27-9-15-42(56)46-50-30-40(52-46)35-21-17-33(18-22-35)34-19-23-36(24-20-34)41-31-51-47(53-41)43-16-10-28-57(43)48(59)45(54-49(60)61)37-11-3-1-4-12-37/h1,3-6,11-14,17-24,30-31,42-43,45,54H,2,7-10,15-16,25-29,32H2,(H,50,52)(H,51,53)(H,60,61)/t42-,43-,45+/m0/s1. The summed E-state index contributed by atoms with van der Waals surface area (Å²) in [5.74, 6) is 1.39. The molecule has 6 aromatic rings. The lowest BCUT2D eigenvalue weighted by atomic mass is 10.0. The van der Waals surface area contributed by atoms with Gasteiger partial charge in [0.1, 0.15) is 17.7 Å². The van der Waals surface area contributed by atoms with Gasteiger partial charge in [-0.05, 0) is 90.6 Å². The summed E-state index contributed by atoms with van der Waals surface area (Å²) in [6.45, 7) is 4.43. The monoisotopic (exact) mass is 816 g/mol. The fraction of sp³-hybridized carbons (Fsp3) is 0.327. The lowest BCUT2D eigenvalue weighted by Gasteiger charge is -2.28. The minimum absolute atomic E-state index is 0.0630. The van der Waals surface area contributed by atoms with Crippen LogP contribution in [0.2, 0.25) is 0 Å². The number of hydrogen-bond donors (Lipinski definition) is 4. The van der Waals surface area contributed by atoms with E-state index in [1.807, 2.05) is 23.2 Å². The number of likely N-dealkylation sites (tertiary alicyclic amines) is 3. The van der Waals surface area contributed by atoms with Crippen LogP contribution in [0.15, 0.2) is 116 Å². The van der Waals surface area contributed by atoms with Crippen LogP contribution in [0.3, 0.4) is 0 Å². The molecule has 9 rings (SSSR count). The van der Waals surface area contributed by atoms with Crippen molar-refractivity contribution in [3.63, 3.8) is 0 Å². The number of hydrogen-bond acceptors (Lipinski definition) is 6. The van der Waals surface area contributed by atoms with E-state index in [0.717, 1.165) is 96.9 Å². The summed E-state index contributed by atoms with van der Waals surface area (Å²) in [6, 6.07) is 32.7. The van der Waals surface area contributed by atoms with E-state index in [1.54, 1.807) is 35.4 Å². The maximum absolute atomic E-state index is 13.8. The zero-order valence-corrected chi connectivity index (χ0v) is 34.3. The minimum atomic E-state index is -1.25. The van der Waals surface area contributed by atoms with E-state index < -0.39 is 12.1 Å². The molecule has 61 heavy (non-hydrogen) atoms. The second-order valence-corrected chi connectivity index (χ2v) is 16.5. The molecule has 3 saturated heterocycles. The highest BCUT2D eigenvalue weighted by Gasteiger charge is 2.37. The van der Waals surface area contributed by atoms with E-state index in [4.69, 9.17) is 4.98 Å². The van der Waals surface area contributed by atoms with Gasteiger partial charge in [0.15, 0.2) is 0 Å². The Kier molecular flexibility index (Phi) is 11.8. The Balaban J connectivity index is 0.832. The van der Waals surface area contributed by atoms with Gasteiger partial charge in [-0.1, -0.05) is 110 Å². The molecule has 0 aliphatic carbocycles. The van der Waals surface area contributed by atoms with Crippen molar-refractivity contribution < 1.29 is 19.5 Å². The third kappa shape index (κ3) is 8.86. The summed E-state index contributed by atoms with van der Waals surface area (Å²) < 4.78 is 0. The number of carbonyl (C=O) groups excluding carboxylic acids is 2. The number of nitrogens with one attached hydrogen (secondary N) is 3. The Labute approximate surface area is 356 Å². The van der Waals surface area contributed by atoms with Gasteiger partial charge in [-0.25, -0.2) is 14.8 Å². The zero-order valence-electron chi connectivity index (χ0n) is 34.3. The molecule has 0 radical (unpaired) electrons. The number of H-pyrrole nitrogens is 2. The van der Waals surface area contributed by atoms with Crippen LogP contribution in [0, 0.1) is 0 Å². The van der Waals surface area contributed by atoms with Gasteiger partial charge in [0.05, 0.1) is 42.3 Å². The largest absolute Gasteiger partial charge is 0.465 e. The van der Waals surface area contributed by atoms with Crippen molar-refractivity contribution in [3.8, 4) is 33.6 Å². The van der Waals surface area contributed by atoms with Crippen molar-refractivity contribution in [2.75, 3.05) is 26.2 Å². The Morgan fingerprint density at radius 2 is 1.15 bits per heavy atom. The number of piperidine rings is 1. The van der Waals surface area contributed by atoms with Gasteiger partial charge in [-0.15, -0.1) is 0 Å². The molecular formula is C49H52N8O4. The number of amides is 3. The Morgan fingerprint density at radius 1 is 0.623 bits per heavy atom. The van der Waals surface area contributed by atoms with E-state index in [2.05, 4.69) is 91.9 Å². The van der Waals surface area contributed by atoms with Gasteiger partial charge in [0.25, 0.3) is 5.91 Å². The number of aromatic nitrogens is 4. The number of imidazole rings is 2. The van der Waals surface area contributed by atoms with Gasteiger partial charge in [0.2, 0.25) is 5.91 Å². The second kappa shape index (κ2) is 18.0. The number of carbonyl (C=O) groups is 3.